The molecule has 4 aromatic rings. The lowest BCUT2D eigenvalue weighted by atomic mass is 10.1. The van der Waals surface area contributed by atoms with Crippen molar-refractivity contribution in [3.05, 3.63) is 54.1 Å². The van der Waals surface area contributed by atoms with Crippen LogP contribution >= 0.6 is 11.8 Å². The van der Waals surface area contributed by atoms with Crippen molar-refractivity contribution in [3.8, 4) is 0 Å². The summed E-state index contributed by atoms with van der Waals surface area (Å²) in [6, 6.07) is 13.2. The Kier molecular flexibility index (Phi) is 5.43. The second-order valence-corrected chi connectivity index (χ2v) is 8.81. The third-order valence-corrected chi connectivity index (χ3v) is 6.81. The van der Waals surface area contributed by atoms with Crippen LogP contribution in [0.5, 0.6) is 0 Å². The minimum atomic E-state index is -4.37. The summed E-state index contributed by atoms with van der Waals surface area (Å²) >= 11 is 1.33. The number of benzene rings is 2. The SMILES string of the molecule is Cn1c2ccccc2n2c(SCC(=O)N3CCN(c4cccc(C(F)(F)F)c4)CC3)nnc12. The van der Waals surface area contributed by atoms with E-state index in [1.54, 1.807) is 11.0 Å². The van der Waals surface area contributed by atoms with Crippen LogP contribution in [0.2, 0.25) is 0 Å². The van der Waals surface area contributed by atoms with E-state index in [4.69, 9.17) is 0 Å². The zero-order valence-electron chi connectivity index (χ0n) is 17.8. The number of amides is 1. The average molecular weight is 475 g/mol. The number of carbonyl (C=O) groups excluding carboxylic acids is 1. The van der Waals surface area contributed by atoms with Crippen LogP contribution in [0.15, 0.2) is 53.7 Å². The number of anilines is 1. The van der Waals surface area contributed by atoms with Gasteiger partial charge in [0.05, 0.1) is 22.3 Å². The molecular weight excluding hydrogens is 453 g/mol. The molecule has 33 heavy (non-hydrogen) atoms. The molecule has 0 bridgehead atoms. The van der Waals surface area contributed by atoms with Crippen LogP contribution in [0, 0.1) is 0 Å². The Morgan fingerprint density at radius 2 is 1.73 bits per heavy atom. The molecule has 7 nitrogen and oxygen atoms in total. The number of imidazole rings is 1. The van der Waals surface area contributed by atoms with Gasteiger partial charge in [-0.25, -0.2) is 0 Å². The quantitative estimate of drug-likeness (QED) is 0.423. The lowest BCUT2D eigenvalue weighted by Gasteiger charge is -2.36. The fourth-order valence-corrected chi connectivity index (χ4v) is 4.98. The van der Waals surface area contributed by atoms with Crippen LogP contribution in [0.1, 0.15) is 5.56 Å². The average Bonchev–Trinajstić information content (AvgIpc) is 3.37. The number of nitrogens with zero attached hydrogens (tertiary/aromatic N) is 6. The minimum Gasteiger partial charge on any atom is -0.368 e. The monoisotopic (exact) mass is 474 g/mol. The molecule has 0 radical (unpaired) electrons. The number of aromatic nitrogens is 4. The number of hydrogen-bond donors (Lipinski definition) is 0. The van der Waals surface area contributed by atoms with Crippen LogP contribution in [-0.4, -0.2) is 61.9 Å². The van der Waals surface area contributed by atoms with Gasteiger partial charge in [0.2, 0.25) is 11.7 Å². The number of halogens is 3. The van der Waals surface area contributed by atoms with Crippen LogP contribution in [-0.2, 0) is 18.0 Å². The summed E-state index contributed by atoms with van der Waals surface area (Å²) in [5.41, 5.74) is 1.86. The second kappa shape index (κ2) is 8.29. The molecule has 1 fully saturated rings. The first kappa shape index (κ1) is 21.6. The molecule has 0 atom stereocenters. The number of piperazine rings is 1. The lowest BCUT2D eigenvalue weighted by molar-refractivity contribution is -0.137. The van der Waals surface area contributed by atoms with E-state index in [0.717, 1.165) is 23.2 Å². The van der Waals surface area contributed by atoms with Crippen molar-refractivity contribution < 1.29 is 18.0 Å². The summed E-state index contributed by atoms with van der Waals surface area (Å²) in [4.78, 5) is 16.4. The maximum absolute atomic E-state index is 13.0. The summed E-state index contributed by atoms with van der Waals surface area (Å²) in [6.07, 6.45) is -4.37. The number of alkyl halides is 3. The molecule has 0 N–H and O–H groups in total. The molecular formula is C22H21F3N6OS. The number of aryl methyl sites for hydroxylation is 1. The van der Waals surface area contributed by atoms with Gasteiger partial charge in [0.1, 0.15) is 0 Å². The predicted octanol–water partition coefficient (Wildman–Crippen LogP) is 3.68. The molecule has 0 spiro atoms. The van der Waals surface area contributed by atoms with Gasteiger partial charge in [-0.05, 0) is 30.3 Å². The van der Waals surface area contributed by atoms with E-state index in [2.05, 4.69) is 10.2 Å². The molecule has 2 aromatic heterocycles. The number of hydrogen-bond acceptors (Lipinski definition) is 5. The Morgan fingerprint density at radius 1 is 1.00 bits per heavy atom. The second-order valence-electron chi connectivity index (χ2n) is 7.87. The molecule has 5 rings (SSSR count). The van der Waals surface area contributed by atoms with E-state index in [9.17, 15) is 18.0 Å². The van der Waals surface area contributed by atoms with Gasteiger partial charge < -0.3 is 14.4 Å². The van der Waals surface area contributed by atoms with Crippen molar-refractivity contribution in [2.45, 2.75) is 11.3 Å². The zero-order chi connectivity index (χ0) is 23.2. The van der Waals surface area contributed by atoms with E-state index < -0.39 is 11.7 Å². The highest BCUT2D eigenvalue weighted by atomic mass is 32.2. The molecule has 1 aliphatic heterocycles. The van der Waals surface area contributed by atoms with Crippen LogP contribution in [0.3, 0.4) is 0 Å². The van der Waals surface area contributed by atoms with Gasteiger partial charge in [-0.15, -0.1) is 10.2 Å². The van der Waals surface area contributed by atoms with E-state index in [-0.39, 0.29) is 11.7 Å². The Morgan fingerprint density at radius 3 is 2.45 bits per heavy atom. The smallest absolute Gasteiger partial charge is 0.368 e. The van der Waals surface area contributed by atoms with Gasteiger partial charge in [0.15, 0.2) is 5.16 Å². The maximum atomic E-state index is 13.0. The first-order chi connectivity index (χ1) is 15.8. The molecule has 11 heteroatoms. The van der Waals surface area contributed by atoms with Gasteiger partial charge in [-0.1, -0.05) is 30.0 Å². The van der Waals surface area contributed by atoms with Crippen molar-refractivity contribution in [1.29, 1.82) is 0 Å². The molecule has 1 amide bonds. The highest BCUT2D eigenvalue weighted by Gasteiger charge is 2.31. The summed E-state index contributed by atoms with van der Waals surface area (Å²) in [5, 5.41) is 9.16. The van der Waals surface area contributed by atoms with Crippen molar-refractivity contribution in [2.75, 3.05) is 36.8 Å². The third-order valence-electron chi connectivity index (χ3n) is 5.90. The fraction of sp³-hybridized carbons (Fsp3) is 0.318. The number of thioether (sulfide) groups is 1. The standard InChI is InChI=1S/C22H21F3N6OS/c1-28-17-7-2-3-8-18(17)31-20(28)26-27-21(31)33-14-19(32)30-11-9-29(10-12-30)16-6-4-5-15(13-16)22(23,24)25/h2-8,13H,9-12,14H2,1H3. The van der Waals surface area contributed by atoms with Gasteiger partial charge >= 0.3 is 6.18 Å². The van der Waals surface area contributed by atoms with E-state index >= 15 is 0 Å². The van der Waals surface area contributed by atoms with Crippen molar-refractivity contribution in [1.82, 2.24) is 24.1 Å². The highest BCUT2D eigenvalue weighted by molar-refractivity contribution is 7.99. The first-order valence-electron chi connectivity index (χ1n) is 10.4. The van der Waals surface area contributed by atoms with E-state index in [1.807, 2.05) is 45.2 Å². The van der Waals surface area contributed by atoms with Gasteiger partial charge in [0, 0.05) is 38.9 Å². The van der Waals surface area contributed by atoms with Crippen LogP contribution in [0.25, 0.3) is 16.8 Å². The fourth-order valence-electron chi connectivity index (χ4n) is 4.14. The highest BCUT2D eigenvalue weighted by Crippen LogP contribution is 2.32. The van der Waals surface area contributed by atoms with Crippen molar-refractivity contribution in [3.63, 3.8) is 0 Å². The molecule has 172 valence electrons. The van der Waals surface area contributed by atoms with E-state index in [0.29, 0.717) is 42.8 Å². The lowest BCUT2D eigenvalue weighted by Crippen LogP contribution is -2.49. The molecule has 1 saturated heterocycles. The molecule has 0 unspecified atom stereocenters. The molecule has 0 saturated carbocycles. The summed E-state index contributed by atoms with van der Waals surface area (Å²) in [5.74, 6) is 0.898. The molecule has 0 aliphatic carbocycles. The number of para-hydroxylation sites is 2. The van der Waals surface area contributed by atoms with Crippen LogP contribution in [0.4, 0.5) is 18.9 Å². The zero-order valence-corrected chi connectivity index (χ0v) is 18.6. The topological polar surface area (TPSA) is 58.7 Å². The molecule has 3 heterocycles. The van der Waals surface area contributed by atoms with E-state index in [1.165, 1.54) is 17.8 Å². The summed E-state index contributed by atoms with van der Waals surface area (Å²) in [7, 11) is 1.93. The van der Waals surface area contributed by atoms with Gasteiger partial charge in [-0.2, -0.15) is 13.2 Å². The van der Waals surface area contributed by atoms with Crippen molar-refractivity contribution >= 4 is 40.2 Å². The first-order valence-corrected chi connectivity index (χ1v) is 11.4. The van der Waals surface area contributed by atoms with Gasteiger partial charge in [0.25, 0.3) is 0 Å². The Bertz CT molecular complexity index is 1320. The van der Waals surface area contributed by atoms with Crippen LogP contribution < -0.4 is 4.90 Å². The minimum absolute atomic E-state index is 0.0271. The number of fused-ring (bicyclic) bond motifs is 3. The summed E-state index contributed by atoms with van der Waals surface area (Å²) in [6.45, 7) is 1.88. The largest absolute Gasteiger partial charge is 0.416 e. The normalized spacial score (nSPS) is 15.0. The Hall–Kier alpha value is -3.21. The Labute approximate surface area is 191 Å². The molecule has 1 aliphatic rings. The third kappa shape index (κ3) is 4.01. The number of rotatable bonds is 4. The predicted molar refractivity (Wildman–Crippen MR) is 120 cm³/mol. The Balaban J connectivity index is 1.23. The summed E-state index contributed by atoms with van der Waals surface area (Å²) < 4.78 is 42.9. The maximum Gasteiger partial charge on any atom is 0.416 e. The van der Waals surface area contributed by atoms with Gasteiger partial charge in [-0.3, -0.25) is 9.20 Å². The number of carbonyl (C=O) groups is 1. The van der Waals surface area contributed by atoms with Crippen molar-refractivity contribution in [2.24, 2.45) is 7.05 Å². The molecule has 2 aromatic carbocycles.